The summed E-state index contributed by atoms with van der Waals surface area (Å²) in [6.07, 6.45) is -1.16. The summed E-state index contributed by atoms with van der Waals surface area (Å²) in [5.41, 5.74) is 3.26. The Labute approximate surface area is 219 Å². The number of nitrogens with zero attached hydrogens (tertiary/aromatic N) is 2. The van der Waals surface area contributed by atoms with E-state index in [-0.39, 0.29) is 6.54 Å². The zero-order chi connectivity index (χ0) is 28.2. The minimum atomic E-state index is -2.10. The van der Waals surface area contributed by atoms with Crippen molar-refractivity contribution in [1.29, 1.82) is 0 Å². The second-order valence-corrected chi connectivity index (χ2v) is 18.0. The molecule has 0 saturated carbocycles. The molecular formula is C27H48N2O6Si. The topological polar surface area (TPSA) is 85.4 Å². The Morgan fingerprint density at radius 2 is 1.28 bits per heavy atom. The second kappa shape index (κ2) is 11.9. The molecule has 206 valence electrons. The van der Waals surface area contributed by atoms with Gasteiger partial charge in [0.05, 0.1) is 13.0 Å². The van der Waals surface area contributed by atoms with Gasteiger partial charge < -0.3 is 14.2 Å². The van der Waals surface area contributed by atoms with Gasteiger partial charge in [-0.2, -0.15) is 5.01 Å². The van der Waals surface area contributed by atoms with Gasteiger partial charge in [0.15, 0.2) is 6.04 Å². The first-order valence-electron chi connectivity index (χ1n) is 12.9. The molecule has 1 heterocycles. The van der Waals surface area contributed by atoms with Gasteiger partial charge in [0.25, 0.3) is 0 Å². The second-order valence-electron chi connectivity index (χ2n) is 12.5. The van der Waals surface area contributed by atoms with Gasteiger partial charge in [-0.3, -0.25) is 0 Å². The fourth-order valence-corrected chi connectivity index (χ4v) is 10.4. The van der Waals surface area contributed by atoms with Crippen LogP contribution in [-0.2, 0) is 19.0 Å². The Morgan fingerprint density at radius 3 is 1.67 bits per heavy atom. The van der Waals surface area contributed by atoms with Crippen molar-refractivity contribution in [2.75, 3.05) is 13.7 Å². The highest BCUT2D eigenvalue weighted by Gasteiger charge is 2.49. The van der Waals surface area contributed by atoms with Gasteiger partial charge in [0.1, 0.15) is 19.3 Å². The third kappa shape index (κ3) is 7.64. The van der Waals surface area contributed by atoms with Crippen molar-refractivity contribution in [2.45, 2.75) is 123 Å². The normalized spacial score (nSPS) is 19.2. The van der Waals surface area contributed by atoms with Crippen LogP contribution >= 0.6 is 0 Å². The van der Waals surface area contributed by atoms with Crippen LogP contribution in [0, 0.1) is 17.4 Å². The summed E-state index contributed by atoms with van der Waals surface area (Å²) in [5, 5.41) is 2.20. The Morgan fingerprint density at radius 1 is 0.833 bits per heavy atom. The maximum atomic E-state index is 13.4. The standard InChI is InChI=1S/C27H48N2O6Si/c1-18(2)36(19(3)4,20(5)6)17-15-21-14-16-28(24(31)34-26(7,8)9)29(22(21)23(30)33-13)25(32)35-27(10,11)12/h18-22H,14,16H2,1-13H3. The summed E-state index contributed by atoms with van der Waals surface area (Å²) in [7, 11) is -0.831. The van der Waals surface area contributed by atoms with E-state index in [9.17, 15) is 14.4 Å². The van der Waals surface area contributed by atoms with Gasteiger partial charge >= 0.3 is 18.2 Å². The summed E-state index contributed by atoms with van der Waals surface area (Å²) in [4.78, 5) is 39.6. The van der Waals surface area contributed by atoms with E-state index in [4.69, 9.17) is 14.2 Å². The van der Waals surface area contributed by atoms with Gasteiger partial charge in [0.2, 0.25) is 0 Å². The number of rotatable bonds is 4. The maximum absolute atomic E-state index is 13.4. The lowest BCUT2D eigenvalue weighted by atomic mass is 9.94. The molecule has 0 aromatic carbocycles. The predicted octanol–water partition coefficient (Wildman–Crippen LogP) is 6.16. The van der Waals surface area contributed by atoms with Crippen molar-refractivity contribution in [3.8, 4) is 11.5 Å². The molecule has 1 saturated heterocycles. The van der Waals surface area contributed by atoms with E-state index < -0.39 is 49.4 Å². The Balaban J connectivity index is 3.67. The van der Waals surface area contributed by atoms with Crippen molar-refractivity contribution in [3.63, 3.8) is 0 Å². The predicted molar refractivity (Wildman–Crippen MR) is 144 cm³/mol. The van der Waals surface area contributed by atoms with Gasteiger partial charge in [0, 0.05) is 6.54 Å². The molecule has 1 fully saturated rings. The minimum Gasteiger partial charge on any atom is -0.467 e. The van der Waals surface area contributed by atoms with Crippen LogP contribution in [0.25, 0.3) is 0 Å². The van der Waals surface area contributed by atoms with E-state index in [0.717, 1.165) is 10.0 Å². The molecule has 2 atom stereocenters. The van der Waals surface area contributed by atoms with Gasteiger partial charge in [-0.05, 0) is 64.6 Å². The van der Waals surface area contributed by atoms with Crippen LogP contribution in [0.5, 0.6) is 0 Å². The molecule has 0 aromatic heterocycles. The van der Waals surface area contributed by atoms with Crippen LogP contribution in [0.1, 0.15) is 89.5 Å². The van der Waals surface area contributed by atoms with E-state index >= 15 is 0 Å². The highest BCUT2D eigenvalue weighted by atomic mass is 28.3. The number of carbonyl (C=O) groups is 3. The number of esters is 1. The Kier molecular flexibility index (Phi) is 10.5. The summed E-state index contributed by atoms with van der Waals surface area (Å²) in [6.45, 7) is 23.9. The molecule has 1 aliphatic rings. The fraction of sp³-hybridized carbons (Fsp3) is 0.815. The average molecular weight is 525 g/mol. The van der Waals surface area contributed by atoms with Crippen molar-refractivity contribution < 1.29 is 28.6 Å². The smallest absolute Gasteiger partial charge is 0.430 e. The van der Waals surface area contributed by atoms with E-state index in [2.05, 4.69) is 53.0 Å². The lowest BCUT2D eigenvalue weighted by Gasteiger charge is -2.45. The Hall–Kier alpha value is -2.21. The molecule has 0 N–H and O–H groups in total. The number of hydrazine groups is 1. The number of amides is 2. The molecule has 1 rings (SSSR count). The molecule has 0 aliphatic carbocycles. The highest BCUT2D eigenvalue weighted by molar-refractivity contribution is 6.90. The monoisotopic (exact) mass is 524 g/mol. The first kappa shape index (κ1) is 31.8. The summed E-state index contributed by atoms with van der Waals surface area (Å²) >= 11 is 0. The van der Waals surface area contributed by atoms with Crippen molar-refractivity contribution in [1.82, 2.24) is 10.0 Å². The van der Waals surface area contributed by atoms with Gasteiger partial charge in [-0.15, -0.1) is 11.5 Å². The van der Waals surface area contributed by atoms with Crippen LogP contribution in [0.3, 0.4) is 0 Å². The van der Waals surface area contributed by atoms with Crippen LogP contribution in [0.15, 0.2) is 0 Å². The molecule has 0 radical (unpaired) electrons. The SMILES string of the molecule is COC(=O)C1C(C#C[Si](C(C)C)(C(C)C)C(C)C)CCN(C(=O)OC(C)(C)C)N1C(=O)OC(C)(C)C. The van der Waals surface area contributed by atoms with Gasteiger partial charge in [-0.25, -0.2) is 19.4 Å². The quantitative estimate of drug-likeness (QED) is 0.190. The van der Waals surface area contributed by atoms with E-state index in [1.54, 1.807) is 41.5 Å². The van der Waals surface area contributed by atoms with Crippen molar-refractivity contribution >= 4 is 26.2 Å². The minimum absolute atomic E-state index is 0.153. The molecule has 2 amide bonds. The third-order valence-corrected chi connectivity index (χ3v) is 12.8. The molecular weight excluding hydrogens is 476 g/mol. The highest BCUT2D eigenvalue weighted by Crippen LogP contribution is 2.41. The molecule has 0 bridgehead atoms. The number of hydrogen-bond acceptors (Lipinski definition) is 6. The lowest BCUT2D eigenvalue weighted by Crippen LogP contribution is -2.64. The van der Waals surface area contributed by atoms with Crippen LogP contribution < -0.4 is 0 Å². The number of carbonyl (C=O) groups excluding carboxylic acids is 3. The molecule has 0 spiro atoms. The largest absolute Gasteiger partial charge is 0.467 e. The summed E-state index contributed by atoms with van der Waals surface area (Å²) < 4.78 is 16.3. The summed E-state index contributed by atoms with van der Waals surface area (Å²) in [5.74, 6) is 2.24. The zero-order valence-corrected chi connectivity index (χ0v) is 25.6. The number of hydrogen-bond donors (Lipinski definition) is 0. The molecule has 9 heteroatoms. The molecule has 0 aromatic rings. The number of ether oxygens (including phenoxy) is 3. The van der Waals surface area contributed by atoms with Crippen molar-refractivity contribution in [2.24, 2.45) is 5.92 Å². The lowest BCUT2D eigenvalue weighted by molar-refractivity contribution is -0.162. The maximum Gasteiger partial charge on any atom is 0.430 e. The first-order chi connectivity index (χ1) is 16.3. The first-order valence-corrected chi connectivity index (χ1v) is 15.1. The molecule has 36 heavy (non-hydrogen) atoms. The molecule has 8 nitrogen and oxygen atoms in total. The zero-order valence-electron chi connectivity index (χ0n) is 24.6. The Bertz CT molecular complexity index is 838. The van der Waals surface area contributed by atoms with Crippen LogP contribution in [0.4, 0.5) is 9.59 Å². The van der Waals surface area contributed by atoms with E-state index in [1.165, 1.54) is 7.11 Å². The van der Waals surface area contributed by atoms with E-state index in [0.29, 0.717) is 23.0 Å². The van der Waals surface area contributed by atoms with Gasteiger partial charge in [-0.1, -0.05) is 41.5 Å². The summed E-state index contributed by atoms with van der Waals surface area (Å²) in [6, 6.07) is -1.14. The molecule has 2 unspecified atom stereocenters. The van der Waals surface area contributed by atoms with Crippen molar-refractivity contribution in [3.05, 3.63) is 0 Å². The number of methoxy groups -OCH3 is 1. The van der Waals surface area contributed by atoms with Crippen LogP contribution in [-0.4, -0.2) is 67.1 Å². The third-order valence-electron chi connectivity index (χ3n) is 6.52. The average Bonchev–Trinajstić information content (AvgIpc) is 2.69. The molecule has 1 aliphatic heterocycles. The van der Waals surface area contributed by atoms with E-state index in [1.807, 2.05) is 0 Å². The van der Waals surface area contributed by atoms with Crippen LogP contribution in [0.2, 0.25) is 16.6 Å². The fourth-order valence-electron chi connectivity index (χ4n) is 5.05.